The van der Waals surface area contributed by atoms with Crippen molar-refractivity contribution in [2.75, 3.05) is 26.8 Å². The van der Waals surface area contributed by atoms with Gasteiger partial charge in [0.1, 0.15) is 0 Å². The minimum atomic E-state index is -0.188. The van der Waals surface area contributed by atoms with Gasteiger partial charge in [-0.2, -0.15) is 0 Å². The number of amides is 2. The molecule has 19 heavy (non-hydrogen) atoms. The maximum absolute atomic E-state index is 11.6. The third-order valence-corrected chi connectivity index (χ3v) is 2.72. The van der Waals surface area contributed by atoms with Crippen molar-refractivity contribution in [3.05, 3.63) is 35.4 Å². The van der Waals surface area contributed by atoms with E-state index in [0.29, 0.717) is 26.3 Å². The molecule has 0 aliphatic rings. The average Bonchev–Trinajstić information content (AvgIpc) is 2.43. The summed E-state index contributed by atoms with van der Waals surface area (Å²) in [7, 11) is 1.65. The predicted octanol–water partition coefficient (Wildman–Crippen LogP) is 1.36. The van der Waals surface area contributed by atoms with Gasteiger partial charge in [0, 0.05) is 26.7 Å². The van der Waals surface area contributed by atoms with Crippen LogP contribution < -0.4 is 5.32 Å². The van der Waals surface area contributed by atoms with Gasteiger partial charge in [0.05, 0.1) is 13.2 Å². The number of ether oxygens (including phenoxy) is 1. The molecular weight excluding hydrogens is 244 g/mol. The number of nitrogens with one attached hydrogen (secondary N) is 1. The van der Waals surface area contributed by atoms with E-state index in [1.54, 1.807) is 7.05 Å². The number of benzene rings is 1. The summed E-state index contributed by atoms with van der Waals surface area (Å²) in [6.07, 6.45) is 0. The zero-order valence-electron chi connectivity index (χ0n) is 11.6. The summed E-state index contributed by atoms with van der Waals surface area (Å²) in [6, 6.07) is 7.75. The quantitative estimate of drug-likeness (QED) is 0.783. The molecule has 1 rings (SSSR count). The first kappa shape index (κ1) is 15.5. The summed E-state index contributed by atoms with van der Waals surface area (Å²) in [5.41, 5.74) is 2.15. The second-order valence-electron chi connectivity index (χ2n) is 4.26. The van der Waals surface area contributed by atoms with Crippen LogP contribution >= 0.6 is 0 Å². The predicted molar refractivity (Wildman–Crippen MR) is 73.7 cm³/mol. The fraction of sp³-hybridized carbons (Fsp3) is 0.500. The zero-order chi connectivity index (χ0) is 14.1. The highest BCUT2D eigenvalue weighted by atomic mass is 16.5. The number of hydrogen-bond donors (Lipinski definition) is 2. The summed E-state index contributed by atoms with van der Waals surface area (Å²) in [6.45, 7) is 4.06. The van der Waals surface area contributed by atoms with Gasteiger partial charge in [-0.1, -0.05) is 24.3 Å². The van der Waals surface area contributed by atoms with Crippen molar-refractivity contribution in [3.63, 3.8) is 0 Å². The molecule has 1 aromatic rings. The molecule has 0 radical (unpaired) electrons. The average molecular weight is 266 g/mol. The smallest absolute Gasteiger partial charge is 0.317 e. The molecule has 0 heterocycles. The van der Waals surface area contributed by atoms with Crippen LogP contribution in [0.1, 0.15) is 18.1 Å². The van der Waals surface area contributed by atoms with Crippen LogP contribution in [0.25, 0.3) is 0 Å². The lowest BCUT2D eigenvalue weighted by atomic mass is 10.1. The fourth-order valence-corrected chi connectivity index (χ4v) is 1.54. The Morgan fingerprint density at radius 1 is 1.32 bits per heavy atom. The Bertz CT molecular complexity index is 379. The van der Waals surface area contributed by atoms with Gasteiger partial charge < -0.3 is 20.1 Å². The van der Waals surface area contributed by atoms with Crippen LogP contribution in [0, 0.1) is 0 Å². The maximum atomic E-state index is 11.6. The third kappa shape index (κ3) is 5.72. The number of aliphatic hydroxyl groups is 1. The Kier molecular flexibility index (Phi) is 6.92. The number of likely N-dealkylation sites (N-methyl/N-ethyl adjacent to an activating group) is 1. The van der Waals surface area contributed by atoms with Crippen molar-refractivity contribution < 1.29 is 14.6 Å². The van der Waals surface area contributed by atoms with Crippen molar-refractivity contribution in [3.8, 4) is 0 Å². The summed E-state index contributed by atoms with van der Waals surface area (Å²) in [5, 5.41) is 11.5. The molecule has 2 amide bonds. The molecule has 5 nitrogen and oxygen atoms in total. The molecular formula is C14H22N2O3. The van der Waals surface area contributed by atoms with Crippen LogP contribution in [-0.2, 0) is 17.9 Å². The van der Waals surface area contributed by atoms with E-state index in [4.69, 9.17) is 9.84 Å². The first-order valence-electron chi connectivity index (χ1n) is 6.42. The number of carbonyl (C=O) groups is 1. The molecule has 1 aromatic carbocycles. The molecule has 106 valence electrons. The Balaban J connectivity index is 2.39. The number of aliphatic hydroxyl groups excluding tert-OH is 1. The molecule has 0 bridgehead atoms. The lowest BCUT2D eigenvalue weighted by Crippen LogP contribution is -2.38. The lowest BCUT2D eigenvalue weighted by molar-refractivity contribution is 0.134. The van der Waals surface area contributed by atoms with Crippen LogP contribution in [0.15, 0.2) is 24.3 Å². The largest absolute Gasteiger partial charge is 0.395 e. The Labute approximate surface area is 114 Å². The van der Waals surface area contributed by atoms with Crippen LogP contribution in [0.5, 0.6) is 0 Å². The number of urea groups is 1. The van der Waals surface area contributed by atoms with Gasteiger partial charge in [0.2, 0.25) is 0 Å². The molecule has 0 spiro atoms. The molecule has 0 saturated carbocycles. The Morgan fingerprint density at radius 3 is 2.53 bits per heavy atom. The van der Waals surface area contributed by atoms with Gasteiger partial charge in [-0.05, 0) is 18.1 Å². The Morgan fingerprint density at radius 2 is 1.95 bits per heavy atom. The van der Waals surface area contributed by atoms with Crippen molar-refractivity contribution in [1.82, 2.24) is 10.2 Å². The second kappa shape index (κ2) is 8.50. The van der Waals surface area contributed by atoms with E-state index in [1.807, 2.05) is 31.2 Å². The number of nitrogens with zero attached hydrogens (tertiary/aromatic N) is 1. The van der Waals surface area contributed by atoms with E-state index in [9.17, 15) is 4.79 Å². The minimum absolute atomic E-state index is 0.0317. The van der Waals surface area contributed by atoms with Gasteiger partial charge in [-0.15, -0.1) is 0 Å². The minimum Gasteiger partial charge on any atom is -0.395 e. The maximum Gasteiger partial charge on any atom is 0.317 e. The van der Waals surface area contributed by atoms with E-state index in [2.05, 4.69) is 5.32 Å². The van der Waals surface area contributed by atoms with Gasteiger partial charge in [0.15, 0.2) is 0 Å². The molecule has 0 saturated heterocycles. The van der Waals surface area contributed by atoms with Crippen LogP contribution in [0.4, 0.5) is 4.79 Å². The van der Waals surface area contributed by atoms with Gasteiger partial charge >= 0.3 is 6.03 Å². The highest BCUT2D eigenvalue weighted by Gasteiger charge is 2.06. The van der Waals surface area contributed by atoms with Crippen LogP contribution in [0.2, 0.25) is 0 Å². The Hall–Kier alpha value is -1.59. The van der Waals surface area contributed by atoms with Crippen LogP contribution in [0.3, 0.4) is 0 Å². The SMILES string of the molecule is CCOCc1ccc(CNC(=O)N(C)CCO)cc1. The number of rotatable bonds is 7. The molecule has 2 N–H and O–H groups in total. The lowest BCUT2D eigenvalue weighted by Gasteiger charge is -2.16. The summed E-state index contributed by atoms with van der Waals surface area (Å²) < 4.78 is 5.32. The number of carbonyl (C=O) groups excluding carboxylic acids is 1. The van der Waals surface area contributed by atoms with Crippen molar-refractivity contribution >= 4 is 6.03 Å². The van der Waals surface area contributed by atoms with Gasteiger partial charge in [-0.25, -0.2) is 4.79 Å². The summed E-state index contributed by atoms with van der Waals surface area (Å²) in [4.78, 5) is 13.0. The van der Waals surface area contributed by atoms with E-state index in [-0.39, 0.29) is 12.6 Å². The van der Waals surface area contributed by atoms with E-state index in [0.717, 1.165) is 11.1 Å². The van der Waals surface area contributed by atoms with Gasteiger partial charge in [0.25, 0.3) is 0 Å². The first-order valence-corrected chi connectivity index (χ1v) is 6.42. The zero-order valence-corrected chi connectivity index (χ0v) is 11.6. The monoisotopic (exact) mass is 266 g/mol. The normalized spacial score (nSPS) is 10.3. The first-order chi connectivity index (χ1) is 9.17. The number of hydrogen-bond acceptors (Lipinski definition) is 3. The standard InChI is InChI=1S/C14H22N2O3/c1-3-19-11-13-6-4-12(5-7-13)10-15-14(18)16(2)8-9-17/h4-7,17H,3,8-11H2,1-2H3,(H,15,18). The molecule has 0 atom stereocenters. The van der Waals surface area contributed by atoms with Crippen LogP contribution in [-0.4, -0.2) is 42.8 Å². The molecule has 0 aliphatic carbocycles. The fourth-order valence-electron chi connectivity index (χ4n) is 1.54. The summed E-state index contributed by atoms with van der Waals surface area (Å²) in [5.74, 6) is 0. The molecule has 0 aromatic heterocycles. The van der Waals surface area contributed by atoms with Gasteiger partial charge in [-0.3, -0.25) is 0 Å². The molecule has 5 heteroatoms. The second-order valence-corrected chi connectivity index (χ2v) is 4.26. The van der Waals surface area contributed by atoms with Crippen molar-refractivity contribution in [2.24, 2.45) is 0 Å². The summed E-state index contributed by atoms with van der Waals surface area (Å²) >= 11 is 0. The highest BCUT2D eigenvalue weighted by molar-refractivity contribution is 5.73. The van der Waals surface area contributed by atoms with E-state index < -0.39 is 0 Å². The molecule has 0 unspecified atom stereocenters. The third-order valence-electron chi connectivity index (χ3n) is 2.72. The topological polar surface area (TPSA) is 61.8 Å². The molecule has 0 aliphatic heterocycles. The van der Waals surface area contributed by atoms with Crippen molar-refractivity contribution in [2.45, 2.75) is 20.1 Å². The van der Waals surface area contributed by atoms with E-state index in [1.165, 1.54) is 4.90 Å². The van der Waals surface area contributed by atoms with Crippen molar-refractivity contribution in [1.29, 1.82) is 0 Å². The highest BCUT2D eigenvalue weighted by Crippen LogP contribution is 2.05. The van der Waals surface area contributed by atoms with E-state index >= 15 is 0 Å². The molecule has 0 fully saturated rings.